The Morgan fingerprint density at radius 1 is 1.00 bits per heavy atom. The van der Waals surface area contributed by atoms with E-state index in [0.717, 1.165) is 57.2 Å². The fourth-order valence-electron chi connectivity index (χ4n) is 5.57. The van der Waals surface area contributed by atoms with Gasteiger partial charge in [-0.1, -0.05) is 6.42 Å². The molecule has 5 heteroatoms. The van der Waals surface area contributed by atoms with Gasteiger partial charge in [0.2, 0.25) is 5.91 Å². The van der Waals surface area contributed by atoms with E-state index in [1.807, 2.05) is 0 Å². The van der Waals surface area contributed by atoms with Crippen LogP contribution in [0.2, 0.25) is 0 Å². The van der Waals surface area contributed by atoms with Crippen molar-refractivity contribution >= 4 is 5.91 Å². The zero-order chi connectivity index (χ0) is 18.0. The van der Waals surface area contributed by atoms with Gasteiger partial charge in [0.15, 0.2) is 5.79 Å². The quantitative estimate of drug-likeness (QED) is 0.769. The minimum Gasteiger partial charge on any atom is -0.347 e. The van der Waals surface area contributed by atoms with Gasteiger partial charge in [0, 0.05) is 25.6 Å². The number of nitrogens with zero attached hydrogens (tertiary/aromatic N) is 2. The van der Waals surface area contributed by atoms with Crippen LogP contribution >= 0.6 is 0 Å². The molecule has 3 saturated heterocycles. The molecule has 4 fully saturated rings. The molecule has 3 heterocycles. The molecule has 0 aromatic rings. The summed E-state index contributed by atoms with van der Waals surface area (Å²) in [5.74, 6) is 0.408. The maximum atomic E-state index is 13.1. The predicted molar refractivity (Wildman–Crippen MR) is 101 cm³/mol. The second-order valence-corrected chi connectivity index (χ2v) is 8.89. The van der Waals surface area contributed by atoms with Crippen LogP contribution in [0.25, 0.3) is 0 Å². The zero-order valence-corrected chi connectivity index (χ0v) is 16.5. The van der Waals surface area contributed by atoms with Crippen molar-refractivity contribution in [2.45, 2.75) is 76.5 Å². The summed E-state index contributed by atoms with van der Waals surface area (Å²) < 4.78 is 11.8. The summed E-state index contributed by atoms with van der Waals surface area (Å²) in [6, 6.07) is 0.760. The zero-order valence-electron chi connectivity index (χ0n) is 16.5. The SMILES string of the molecule is C[C@H]1CCCCN1CCC1CCN(C(=O)[C@@H]2CCCC23OCCO3)CC1. The van der Waals surface area contributed by atoms with E-state index < -0.39 is 5.79 Å². The number of rotatable bonds is 4. The van der Waals surface area contributed by atoms with E-state index in [4.69, 9.17) is 9.47 Å². The summed E-state index contributed by atoms with van der Waals surface area (Å²) >= 11 is 0. The van der Waals surface area contributed by atoms with Gasteiger partial charge in [0.1, 0.15) is 0 Å². The van der Waals surface area contributed by atoms with Crippen molar-refractivity contribution in [3.8, 4) is 0 Å². The number of piperidine rings is 2. The molecule has 4 aliphatic rings. The van der Waals surface area contributed by atoms with Gasteiger partial charge in [-0.2, -0.15) is 0 Å². The lowest BCUT2D eigenvalue weighted by Crippen LogP contribution is -2.48. The Balaban J connectivity index is 1.24. The first-order chi connectivity index (χ1) is 12.7. The number of carbonyl (C=O) groups is 1. The van der Waals surface area contributed by atoms with Crippen molar-refractivity contribution in [1.29, 1.82) is 0 Å². The molecule has 2 atom stereocenters. The van der Waals surface area contributed by atoms with E-state index in [9.17, 15) is 4.79 Å². The Kier molecular flexibility index (Phi) is 5.87. The van der Waals surface area contributed by atoms with Crippen molar-refractivity contribution in [3.63, 3.8) is 0 Å². The first kappa shape index (κ1) is 18.7. The largest absolute Gasteiger partial charge is 0.347 e. The van der Waals surface area contributed by atoms with Gasteiger partial charge in [-0.25, -0.2) is 0 Å². The van der Waals surface area contributed by atoms with Crippen LogP contribution in [-0.4, -0.2) is 66.9 Å². The average Bonchev–Trinajstić information content (AvgIpc) is 3.31. The molecule has 3 aliphatic heterocycles. The Morgan fingerprint density at radius 3 is 2.50 bits per heavy atom. The van der Waals surface area contributed by atoms with Crippen LogP contribution in [0, 0.1) is 11.8 Å². The van der Waals surface area contributed by atoms with E-state index in [2.05, 4.69) is 16.7 Å². The third-order valence-electron chi connectivity index (χ3n) is 7.31. The predicted octanol–water partition coefficient (Wildman–Crippen LogP) is 3.03. The van der Waals surface area contributed by atoms with Crippen molar-refractivity contribution in [3.05, 3.63) is 0 Å². The molecule has 0 bridgehead atoms. The van der Waals surface area contributed by atoms with E-state index in [1.165, 1.54) is 38.8 Å². The molecule has 26 heavy (non-hydrogen) atoms. The molecule has 0 aromatic carbocycles. The normalized spacial score (nSPS) is 33.2. The number of amides is 1. The average molecular weight is 365 g/mol. The van der Waals surface area contributed by atoms with Crippen LogP contribution in [0.5, 0.6) is 0 Å². The number of likely N-dealkylation sites (tertiary alicyclic amines) is 2. The van der Waals surface area contributed by atoms with Gasteiger partial charge < -0.3 is 19.3 Å². The minimum absolute atomic E-state index is 0.0734. The molecule has 1 saturated carbocycles. The standard InChI is InChI=1S/C21H36N2O3/c1-17-5-2-3-11-22(17)12-7-18-8-13-23(14-9-18)20(24)19-6-4-10-21(19)25-15-16-26-21/h17-19H,2-16H2,1H3/t17-,19-/m0/s1. The second kappa shape index (κ2) is 8.15. The molecule has 5 nitrogen and oxygen atoms in total. The van der Waals surface area contributed by atoms with Gasteiger partial charge in [0.05, 0.1) is 19.1 Å². The number of hydrogen-bond acceptors (Lipinski definition) is 4. The number of ether oxygens (including phenoxy) is 2. The van der Waals surface area contributed by atoms with E-state index in [-0.39, 0.29) is 11.8 Å². The lowest BCUT2D eigenvalue weighted by atomic mass is 9.91. The highest BCUT2D eigenvalue weighted by molar-refractivity contribution is 5.80. The van der Waals surface area contributed by atoms with Crippen molar-refractivity contribution in [2.24, 2.45) is 11.8 Å². The van der Waals surface area contributed by atoms with E-state index in [1.54, 1.807) is 0 Å². The highest BCUT2D eigenvalue weighted by Crippen LogP contribution is 2.43. The second-order valence-electron chi connectivity index (χ2n) is 8.89. The van der Waals surface area contributed by atoms with Crippen LogP contribution in [0.4, 0.5) is 0 Å². The molecule has 0 unspecified atom stereocenters. The minimum atomic E-state index is -0.585. The van der Waals surface area contributed by atoms with Gasteiger partial charge in [-0.3, -0.25) is 4.79 Å². The van der Waals surface area contributed by atoms with Crippen LogP contribution in [0.1, 0.15) is 64.7 Å². The Morgan fingerprint density at radius 2 is 1.77 bits per heavy atom. The number of carbonyl (C=O) groups excluding carboxylic acids is 1. The molecular formula is C21H36N2O3. The summed E-state index contributed by atoms with van der Waals surface area (Å²) in [6.07, 6.45) is 10.6. The maximum absolute atomic E-state index is 13.1. The van der Waals surface area contributed by atoms with Crippen LogP contribution in [-0.2, 0) is 14.3 Å². The monoisotopic (exact) mass is 364 g/mol. The van der Waals surface area contributed by atoms with E-state index >= 15 is 0 Å². The number of hydrogen-bond donors (Lipinski definition) is 0. The Hall–Kier alpha value is -0.650. The highest BCUT2D eigenvalue weighted by Gasteiger charge is 2.52. The van der Waals surface area contributed by atoms with Gasteiger partial charge in [0.25, 0.3) is 0 Å². The van der Waals surface area contributed by atoms with Crippen LogP contribution in [0.3, 0.4) is 0 Å². The first-order valence-corrected chi connectivity index (χ1v) is 11.0. The third-order valence-corrected chi connectivity index (χ3v) is 7.31. The first-order valence-electron chi connectivity index (χ1n) is 11.0. The van der Waals surface area contributed by atoms with Crippen LogP contribution in [0.15, 0.2) is 0 Å². The van der Waals surface area contributed by atoms with Crippen molar-refractivity contribution < 1.29 is 14.3 Å². The molecule has 148 valence electrons. The molecule has 0 N–H and O–H groups in total. The fraction of sp³-hybridized carbons (Fsp3) is 0.952. The molecule has 1 aliphatic carbocycles. The molecule has 1 spiro atoms. The van der Waals surface area contributed by atoms with E-state index in [0.29, 0.717) is 13.2 Å². The smallest absolute Gasteiger partial charge is 0.231 e. The van der Waals surface area contributed by atoms with Crippen molar-refractivity contribution in [1.82, 2.24) is 9.80 Å². The fourth-order valence-corrected chi connectivity index (χ4v) is 5.57. The lowest BCUT2D eigenvalue weighted by molar-refractivity contribution is -0.192. The van der Waals surface area contributed by atoms with Gasteiger partial charge in [-0.15, -0.1) is 0 Å². The summed E-state index contributed by atoms with van der Waals surface area (Å²) in [7, 11) is 0. The summed E-state index contributed by atoms with van der Waals surface area (Å²) in [5, 5.41) is 0. The molecule has 1 amide bonds. The molecular weight excluding hydrogens is 328 g/mol. The topological polar surface area (TPSA) is 42.0 Å². The summed E-state index contributed by atoms with van der Waals surface area (Å²) in [4.78, 5) is 17.9. The third kappa shape index (κ3) is 3.81. The van der Waals surface area contributed by atoms with Crippen molar-refractivity contribution in [2.75, 3.05) is 39.4 Å². The molecule has 0 aromatic heterocycles. The van der Waals surface area contributed by atoms with Gasteiger partial charge >= 0.3 is 0 Å². The summed E-state index contributed by atoms with van der Waals surface area (Å²) in [5.41, 5.74) is 0. The lowest BCUT2D eigenvalue weighted by Gasteiger charge is -2.38. The molecule has 4 rings (SSSR count). The Labute approximate surface area is 158 Å². The summed E-state index contributed by atoms with van der Waals surface area (Å²) in [6.45, 7) is 8.03. The molecule has 0 radical (unpaired) electrons. The highest BCUT2D eigenvalue weighted by atomic mass is 16.7. The maximum Gasteiger partial charge on any atom is 0.231 e. The van der Waals surface area contributed by atoms with Gasteiger partial charge in [-0.05, 0) is 70.9 Å². The van der Waals surface area contributed by atoms with Crippen LogP contribution < -0.4 is 0 Å². The Bertz CT molecular complexity index is 478.